The van der Waals surface area contributed by atoms with Crippen molar-refractivity contribution in [3.8, 4) is 5.75 Å². The lowest BCUT2D eigenvalue weighted by Gasteiger charge is -2.34. The van der Waals surface area contributed by atoms with Crippen molar-refractivity contribution < 1.29 is 6.15 Å². The van der Waals surface area contributed by atoms with Crippen LogP contribution in [0.3, 0.4) is 0 Å². The molecule has 30 heavy (non-hydrogen) atoms. The van der Waals surface area contributed by atoms with Gasteiger partial charge in [-0.25, -0.2) is 0 Å². The van der Waals surface area contributed by atoms with Gasteiger partial charge in [-0.05, 0) is 93.5 Å². The van der Waals surface area contributed by atoms with Crippen LogP contribution < -0.4 is 15.4 Å². The average molecular weight is 408 g/mol. The second-order valence-corrected chi connectivity index (χ2v) is 9.14. The van der Waals surface area contributed by atoms with Gasteiger partial charge in [-0.15, -0.1) is 0 Å². The summed E-state index contributed by atoms with van der Waals surface area (Å²) in [4.78, 5) is 2.59. The van der Waals surface area contributed by atoms with Gasteiger partial charge in [-0.3, -0.25) is 4.90 Å². The third-order valence-electron chi connectivity index (χ3n) is 6.99. The highest BCUT2D eigenvalue weighted by molar-refractivity contribution is 5.41. The summed E-state index contributed by atoms with van der Waals surface area (Å²) < 4.78 is 13.9. The Bertz CT molecular complexity index is 845. The fraction of sp³-hybridized carbons (Fsp3) is 0.538. The molecular formula is C26H35N3O. The van der Waals surface area contributed by atoms with E-state index >= 15 is 0 Å². The summed E-state index contributed by atoms with van der Waals surface area (Å²) in [7, 11) is 0. The number of benzene rings is 2. The van der Waals surface area contributed by atoms with Crippen LogP contribution in [0.4, 0.5) is 0 Å². The molecule has 0 aromatic heterocycles. The number of likely N-dealkylation sites (tertiary alicyclic amines) is 1. The summed E-state index contributed by atoms with van der Waals surface area (Å²) in [5, 5.41) is 5.61. The molecule has 2 heterocycles. The molecule has 4 nitrogen and oxygen atoms in total. The molecule has 160 valence electrons. The Hall–Kier alpha value is -1.88. The second-order valence-electron chi connectivity index (χ2n) is 9.14. The van der Waals surface area contributed by atoms with E-state index in [9.17, 15) is 0 Å². The van der Waals surface area contributed by atoms with E-state index in [-0.39, 0.29) is 6.10 Å². The predicted molar refractivity (Wildman–Crippen MR) is 122 cm³/mol. The normalized spacial score (nSPS) is 24.5. The Kier molecular flexibility index (Phi) is 5.97. The summed E-state index contributed by atoms with van der Waals surface area (Å²) in [6.45, 7) is 5.05. The molecule has 2 aliphatic heterocycles. The van der Waals surface area contributed by atoms with E-state index in [1.54, 1.807) is 5.31 Å². The van der Waals surface area contributed by atoms with E-state index in [0.29, 0.717) is 12.1 Å². The Balaban J connectivity index is 1.11. The van der Waals surface area contributed by atoms with E-state index in [2.05, 4.69) is 58.7 Å². The van der Waals surface area contributed by atoms with E-state index in [1.807, 2.05) is 0 Å². The lowest BCUT2D eigenvalue weighted by Crippen LogP contribution is -2.43. The third-order valence-corrected chi connectivity index (χ3v) is 6.99. The van der Waals surface area contributed by atoms with Gasteiger partial charge in [0, 0.05) is 18.6 Å². The number of piperidine rings is 2. The van der Waals surface area contributed by atoms with Crippen LogP contribution in [0.25, 0.3) is 0 Å². The fourth-order valence-corrected chi connectivity index (χ4v) is 5.26. The minimum atomic E-state index is 0.260. The van der Waals surface area contributed by atoms with Crippen LogP contribution in [0.15, 0.2) is 48.5 Å². The Morgan fingerprint density at radius 2 is 1.80 bits per heavy atom. The van der Waals surface area contributed by atoms with Crippen LogP contribution in [0.5, 0.6) is 5.75 Å². The maximum Gasteiger partial charge on any atom is 0.122 e. The number of fused-ring (bicyclic) bond motifs is 1. The Labute approximate surface area is 182 Å². The monoisotopic (exact) mass is 407 g/mol. The molecule has 2 aromatic rings. The molecule has 1 unspecified atom stereocenters. The lowest BCUT2D eigenvalue weighted by molar-refractivity contribution is 0.162. The van der Waals surface area contributed by atoms with Crippen molar-refractivity contribution in [1.82, 2.24) is 15.5 Å². The number of nitrogens with one attached hydrogen (secondary N) is 2. The van der Waals surface area contributed by atoms with Crippen molar-refractivity contribution in [3.05, 3.63) is 65.2 Å². The summed E-state index contributed by atoms with van der Waals surface area (Å²) in [5.41, 5.74) is 4.34. The highest BCUT2D eigenvalue weighted by Crippen LogP contribution is 2.35. The molecule has 1 aliphatic carbocycles. The molecule has 2 saturated heterocycles. The van der Waals surface area contributed by atoms with Gasteiger partial charge in [0.1, 0.15) is 13.3 Å². The van der Waals surface area contributed by atoms with Crippen molar-refractivity contribution in [1.29, 1.82) is 0 Å². The molecule has 0 spiro atoms. The van der Waals surface area contributed by atoms with E-state index < -0.39 is 0 Å². The first-order valence-corrected chi connectivity index (χ1v) is 11.8. The summed E-state index contributed by atoms with van der Waals surface area (Å²) >= 11 is 0. The summed E-state index contributed by atoms with van der Waals surface area (Å²) in [5.74, 6) is 1.01. The highest BCUT2D eigenvalue weighted by Gasteiger charge is 2.27. The van der Waals surface area contributed by atoms with E-state index in [0.717, 1.165) is 44.6 Å². The van der Waals surface area contributed by atoms with Gasteiger partial charge in [0.15, 0.2) is 0 Å². The smallest absolute Gasteiger partial charge is 0.122 e. The molecule has 0 bridgehead atoms. The fourth-order valence-electron chi connectivity index (χ4n) is 5.26. The average Bonchev–Trinajstić information content (AvgIpc) is 3.19. The molecule has 5 rings (SSSR count). The minimum absolute atomic E-state index is 0.260. The van der Waals surface area contributed by atoms with Crippen LogP contribution in [0, 0.1) is 0 Å². The first kappa shape index (κ1) is 18.9. The molecular weight excluding hydrogens is 370 g/mol. The van der Waals surface area contributed by atoms with E-state index in [1.165, 1.54) is 49.0 Å². The van der Waals surface area contributed by atoms with Crippen LogP contribution in [-0.2, 0) is 13.0 Å². The SMILES string of the molecule is [3H]N1CCC(Oc2ccc3c(c2)CCC3NC2CCN(Cc3ccccc3)CC2)CC1. The predicted octanol–water partition coefficient (Wildman–Crippen LogP) is 4.06. The first-order valence-electron chi connectivity index (χ1n) is 12.2. The molecule has 0 radical (unpaired) electrons. The molecule has 2 fully saturated rings. The van der Waals surface area contributed by atoms with Gasteiger partial charge in [-0.1, -0.05) is 36.4 Å². The number of rotatable bonds is 6. The lowest BCUT2D eigenvalue weighted by atomic mass is 10.0. The van der Waals surface area contributed by atoms with Crippen molar-refractivity contribution in [3.63, 3.8) is 0 Å². The molecule has 0 saturated carbocycles. The third kappa shape index (κ3) is 4.88. The molecule has 0 amide bonds. The largest absolute Gasteiger partial charge is 0.490 e. The Morgan fingerprint density at radius 1 is 1.00 bits per heavy atom. The zero-order valence-corrected chi connectivity index (χ0v) is 17.9. The molecule has 4 heteroatoms. The standard InChI is InChI=1S/C26H35N3O/c1-2-4-20(5-3-1)19-29-16-12-22(13-17-29)28-26-9-6-21-18-24(7-8-25(21)26)30-23-10-14-27-15-11-23/h1-5,7-8,18,22-23,26-28H,6,9-17,19H2/i/hT. The van der Waals surface area contributed by atoms with Crippen molar-refractivity contribution in [2.24, 2.45) is 0 Å². The van der Waals surface area contributed by atoms with Crippen LogP contribution in [0.1, 0.15) is 54.8 Å². The number of hydrogen-bond acceptors (Lipinski definition) is 4. The van der Waals surface area contributed by atoms with Gasteiger partial charge in [0.25, 0.3) is 0 Å². The van der Waals surface area contributed by atoms with Crippen LogP contribution in [0.2, 0.25) is 1.41 Å². The molecule has 3 aliphatic rings. The quantitative estimate of drug-likeness (QED) is 0.757. The number of ether oxygens (including phenoxy) is 1. The molecule has 2 aromatic carbocycles. The zero-order chi connectivity index (χ0) is 21.0. The Morgan fingerprint density at radius 3 is 2.60 bits per heavy atom. The van der Waals surface area contributed by atoms with Gasteiger partial charge < -0.3 is 15.4 Å². The van der Waals surface area contributed by atoms with Gasteiger partial charge in [0.05, 0.1) is 0 Å². The maximum absolute atomic E-state index is 7.70. The van der Waals surface area contributed by atoms with Crippen LogP contribution in [-0.4, -0.2) is 43.2 Å². The second kappa shape index (κ2) is 9.51. The first-order chi connectivity index (χ1) is 15.2. The van der Waals surface area contributed by atoms with Gasteiger partial charge in [0.2, 0.25) is 0 Å². The number of nitrogens with zero attached hydrogens (tertiary/aromatic N) is 1. The van der Waals surface area contributed by atoms with Crippen molar-refractivity contribution in [2.45, 2.75) is 63.3 Å². The number of aryl methyl sites for hydroxylation is 1. The molecule has 2 N–H and O–H groups in total. The molecule has 1 atom stereocenters. The van der Waals surface area contributed by atoms with Crippen molar-refractivity contribution in [2.75, 3.05) is 26.2 Å². The van der Waals surface area contributed by atoms with Crippen LogP contribution >= 0.6 is 0 Å². The van der Waals surface area contributed by atoms with Gasteiger partial charge in [-0.2, -0.15) is 0 Å². The maximum atomic E-state index is 7.70. The van der Waals surface area contributed by atoms with E-state index in [4.69, 9.17) is 6.15 Å². The topological polar surface area (TPSA) is 36.5 Å². The summed E-state index contributed by atoms with van der Waals surface area (Å²) in [6.07, 6.45) is 6.96. The highest BCUT2D eigenvalue weighted by atomic mass is 16.5. The van der Waals surface area contributed by atoms with Crippen molar-refractivity contribution >= 4 is 0 Å². The summed E-state index contributed by atoms with van der Waals surface area (Å²) in [6, 6.07) is 18.7. The number of hydrogen-bond donors (Lipinski definition) is 2. The zero-order valence-electron chi connectivity index (χ0n) is 18.9. The minimum Gasteiger partial charge on any atom is -0.490 e. The van der Waals surface area contributed by atoms with Gasteiger partial charge >= 0.3 is 0 Å².